The standard InChI is InChI=1S/C22H24BF2NO5S/c23-15-4-1-3-14(13-15)22(24,25)19(27)9-6-16-10-12-31-21(30)26(16)11-2-5-17-7-8-18(32-17)20(28)29/h1,3-4,6-9,13,16,19,27H,2,5,10-12,23H2,(H,28,29)/b9-6+/t16-,19+/m0/s1. The van der Waals surface area contributed by atoms with Crippen LogP contribution < -0.4 is 5.46 Å². The van der Waals surface area contributed by atoms with Crippen LogP contribution in [0.1, 0.15) is 33.0 Å². The fourth-order valence-electron chi connectivity index (χ4n) is 3.53. The van der Waals surface area contributed by atoms with Gasteiger partial charge in [0.25, 0.3) is 0 Å². The number of ether oxygens (including phenoxy) is 1. The Hall–Kier alpha value is -2.72. The van der Waals surface area contributed by atoms with E-state index in [1.807, 2.05) is 0 Å². The smallest absolute Gasteiger partial charge is 0.410 e. The number of hydrogen-bond acceptors (Lipinski definition) is 5. The number of hydrogen-bond donors (Lipinski definition) is 2. The summed E-state index contributed by atoms with van der Waals surface area (Å²) in [5, 5.41) is 19.2. The van der Waals surface area contributed by atoms with Gasteiger partial charge in [-0.1, -0.05) is 41.9 Å². The van der Waals surface area contributed by atoms with Crippen molar-refractivity contribution in [2.24, 2.45) is 0 Å². The Morgan fingerprint density at radius 2 is 2.16 bits per heavy atom. The molecule has 32 heavy (non-hydrogen) atoms. The molecule has 2 aromatic rings. The Bertz CT molecular complexity index is 996. The van der Waals surface area contributed by atoms with Crippen LogP contribution in [-0.2, 0) is 17.1 Å². The Labute approximate surface area is 189 Å². The fourth-order valence-corrected chi connectivity index (χ4v) is 4.42. The van der Waals surface area contributed by atoms with Gasteiger partial charge in [0.1, 0.15) is 18.8 Å². The van der Waals surface area contributed by atoms with Crippen molar-refractivity contribution in [1.82, 2.24) is 4.90 Å². The van der Waals surface area contributed by atoms with Crippen molar-refractivity contribution in [1.29, 1.82) is 0 Å². The minimum absolute atomic E-state index is 0.168. The Morgan fingerprint density at radius 3 is 2.84 bits per heavy atom. The number of carboxylic acid groups (broad SMARTS) is 1. The number of aliphatic hydroxyl groups excluding tert-OH is 1. The number of benzene rings is 1. The molecule has 6 nitrogen and oxygen atoms in total. The van der Waals surface area contributed by atoms with Crippen molar-refractivity contribution in [3.63, 3.8) is 0 Å². The van der Waals surface area contributed by atoms with E-state index >= 15 is 0 Å². The van der Waals surface area contributed by atoms with E-state index in [4.69, 9.17) is 9.84 Å². The van der Waals surface area contributed by atoms with Crippen LogP contribution in [0.25, 0.3) is 0 Å². The second kappa shape index (κ2) is 10.3. The highest BCUT2D eigenvalue weighted by Crippen LogP contribution is 2.32. The van der Waals surface area contributed by atoms with Gasteiger partial charge < -0.3 is 19.8 Å². The van der Waals surface area contributed by atoms with Crippen molar-refractivity contribution in [2.75, 3.05) is 13.2 Å². The third-order valence-corrected chi connectivity index (χ3v) is 6.39. The van der Waals surface area contributed by atoms with Crippen molar-refractivity contribution in [2.45, 2.75) is 37.3 Å². The predicted octanol–water partition coefficient (Wildman–Crippen LogP) is 2.56. The zero-order valence-electron chi connectivity index (χ0n) is 17.5. The number of carbonyl (C=O) groups excluding carboxylic acids is 1. The summed E-state index contributed by atoms with van der Waals surface area (Å²) in [4.78, 5) is 25.8. The van der Waals surface area contributed by atoms with Crippen LogP contribution in [0.3, 0.4) is 0 Å². The first-order valence-corrected chi connectivity index (χ1v) is 11.1. The largest absolute Gasteiger partial charge is 0.477 e. The van der Waals surface area contributed by atoms with Crippen molar-refractivity contribution >= 4 is 36.7 Å². The lowest BCUT2D eigenvalue weighted by Gasteiger charge is -2.33. The minimum Gasteiger partial charge on any atom is -0.477 e. The monoisotopic (exact) mass is 463 g/mol. The van der Waals surface area contributed by atoms with E-state index in [2.05, 4.69) is 0 Å². The third kappa shape index (κ3) is 5.74. The van der Waals surface area contributed by atoms with Gasteiger partial charge in [-0.25, -0.2) is 9.59 Å². The third-order valence-electron chi connectivity index (χ3n) is 5.26. The minimum atomic E-state index is -3.47. The van der Waals surface area contributed by atoms with Gasteiger partial charge in [0, 0.05) is 23.4 Å². The molecule has 2 atom stereocenters. The van der Waals surface area contributed by atoms with E-state index < -0.39 is 30.1 Å². The van der Waals surface area contributed by atoms with Crippen LogP contribution in [0.15, 0.2) is 48.6 Å². The maximum absolute atomic E-state index is 14.7. The number of aryl methyl sites for hydroxylation is 1. The van der Waals surface area contributed by atoms with E-state index in [1.54, 1.807) is 26.0 Å². The quantitative estimate of drug-likeness (QED) is 0.441. The average molecular weight is 463 g/mol. The molecule has 0 unspecified atom stereocenters. The topological polar surface area (TPSA) is 87.1 Å². The molecule has 2 N–H and O–H groups in total. The first-order chi connectivity index (χ1) is 15.2. The molecule has 0 saturated carbocycles. The number of carbonyl (C=O) groups is 2. The van der Waals surface area contributed by atoms with Crippen LogP contribution in [0.5, 0.6) is 0 Å². The zero-order chi connectivity index (χ0) is 23.3. The number of amides is 1. The van der Waals surface area contributed by atoms with Gasteiger partial charge in [-0.2, -0.15) is 8.78 Å². The Morgan fingerprint density at radius 1 is 1.38 bits per heavy atom. The van der Waals surface area contributed by atoms with Crippen LogP contribution in [0.4, 0.5) is 13.6 Å². The molecule has 1 aromatic carbocycles. The maximum Gasteiger partial charge on any atom is 0.410 e. The van der Waals surface area contributed by atoms with Crippen LogP contribution in [0.2, 0.25) is 0 Å². The van der Waals surface area contributed by atoms with E-state index in [9.17, 15) is 23.5 Å². The number of aliphatic hydroxyl groups is 1. The summed E-state index contributed by atoms with van der Waals surface area (Å²) in [6.45, 7) is 0.486. The molecule has 1 fully saturated rings. The molecule has 0 spiro atoms. The molecule has 2 heterocycles. The highest BCUT2D eigenvalue weighted by molar-refractivity contribution is 7.13. The molecule has 0 aliphatic carbocycles. The van der Waals surface area contributed by atoms with Gasteiger partial charge in [0.2, 0.25) is 0 Å². The molecule has 3 rings (SSSR count). The lowest BCUT2D eigenvalue weighted by atomic mass is 9.91. The molecule has 0 radical (unpaired) electrons. The fraction of sp³-hybridized carbons (Fsp3) is 0.364. The number of aromatic carboxylic acids is 1. The Balaban J connectivity index is 1.63. The first-order valence-electron chi connectivity index (χ1n) is 10.2. The maximum atomic E-state index is 14.7. The van der Waals surface area contributed by atoms with E-state index in [0.717, 1.165) is 11.0 Å². The molecule has 170 valence electrons. The molecular weight excluding hydrogens is 439 g/mol. The summed E-state index contributed by atoms with van der Waals surface area (Å²) in [7, 11) is 1.70. The summed E-state index contributed by atoms with van der Waals surface area (Å²) in [5.41, 5.74) is 0.395. The summed E-state index contributed by atoms with van der Waals surface area (Å²) in [6, 6.07) is 8.63. The van der Waals surface area contributed by atoms with Gasteiger partial charge in [-0.3, -0.25) is 0 Å². The summed E-state index contributed by atoms with van der Waals surface area (Å²) < 4.78 is 34.4. The molecule has 1 aliphatic rings. The SMILES string of the molecule is Bc1cccc(C(F)(F)[C@H](O)/C=C/[C@H]2CCOC(=O)N2CCCc2ccc(C(=O)O)s2)c1. The lowest BCUT2D eigenvalue weighted by Crippen LogP contribution is -2.45. The molecule has 1 amide bonds. The summed E-state index contributed by atoms with van der Waals surface area (Å²) in [5.74, 6) is -4.45. The van der Waals surface area contributed by atoms with Crippen LogP contribution in [-0.4, -0.2) is 60.3 Å². The second-order valence-electron chi connectivity index (χ2n) is 7.66. The number of rotatable bonds is 9. The number of alkyl halides is 2. The molecule has 10 heteroatoms. The molecule has 0 bridgehead atoms. The normalized spacial score (nSPS) is 18.0. The molecule has 1 saturated heterocycles. The molecule has 1 aliphatic heterocycles. The lowest BCUT2D eigenvalue weighted by molar-refractivity contribution is -0.0929. The number of nitrogens with zero attached hydrogens (tertiary/aromatic N) is 1. The van der Waals surface area contributed by atoms with Gasteiger partial charge in [0.15, 0.2) is 0 Å². The van der Waals surface area contributed by atoms with Gasteiger partial charge in [0.05, 0.1) is 12.6 Å². The number of thiophene rings is 1. The number of cyclic esters (lactones) is 1. The van der Waals surface area contributed by atoms with Crippen LogP contribution >= 0.6 is 11.3 Å². The first kappa shape index (κ1) is 23.9. The van der Waals surface area contributed by atoms with E-state index in [1.165, 1.54) is 40.5 Å². The number of carboxylic acids is 1. The zero-order valence-corrected chi connectivity index (χ0v) is 18.4. The van der Waals surface area contributed by atoms with E-state index in [-0.39, 0.29) is 17.0 Å². The van der Waals surface area contributed by atoms with Crippen molar-refractivity contribution in [3.8, 4) is 0 Å². The number of halogens is 2. The van der Waals surface area contributed by atoms with E-state index in [0.29, 0.717) is 31.3 Å². The summed E-state index contributed by atoms with van der Waals surface area (Å²) in [6.07, 6.45) is 1.45. The molecular formula is C22H24BF2NO5S. The summed E-state index contributed by atoms with van der Waals surface area (Å²) >= 11 is 1.18. The van der Waals surface area contributed by atoms with Gasteiger partial charge >= 0.3 is 18.0 Å². The second-order valence-corrected chi connectivity index (χ2v) is 8.83. The highest BCUT2D eigenvalue weighted by atomic mass is 32.1. The average Bonchev–Trinajstić information content (AvgIpc) is 3.23. The Kier molecular flexibility index (Phi) is 7.68. The molecule has 1 aromatic heterocycles. The predicted molar refractivity (Wildman–Crippen MR) is 120 cm³/mol. The van der Waals surface area contributed by atoms with Crippen molar-refractivity contribution in [3.05, 3.63) is 63.9 Å². The van der Waals surface area contributed by atoms with Gasteiger partial charge in [-0.15, -0.1) is 11.3 Å². The van der Waals surface area contributed by atoms with Gasteiger partial charge in [-0.05, 0) is 25.0 Å². The highest BCUT2D eigenvalue weighted by Gasteiger charge is 2.39. The van der Waals surface area contributed by atoms with Crippen molar-refractivity contribution < 1.29 is 33.3 Å². The van der Waals surface area contributed by atoms with Crippen LogP contribution in [0, 0.1) is 0 Å².